The van der Waals surface area contributed by atoms with Gasteiger partial charge >= 0.3 is 5.97 Å². The van der Waals surface area contributed by atoms with Crippen LogP contribution in [-0.2, 0) is 19.6 Å². The number of benzene rings is 3. The molecule has 6 nitrogen and oxygen atoms in total. The van der Waals surface area contributed by atoms with Gasteiger partial charge in [-0.15, -0.1) is 0 Å². The molecule has 1 aliphatic heterocycles. The molecule has 0 saturated heterocycles. The fraction of sp³-hybridized carbons (Fsp3) is 0.207. The maximum absolute atomic E-state index is 14.0. The Hall–Kier alpha value is -3.84. The summed E-state index contributed by atoms with van der Waals surface area (Å²) >= 11 is 0. The van der Waals surface area contributed by atoms with Crippen molar-refractivity contribution in [3.05, 3.63) is 107 Å². The average molecular weight is 501 g/mol. The zero-order chi connectivity index (χ0) is 25.4. The van der Waals surface area contributed by atoms with E-state index in [4.69, 9.17) is 4.74 Å². The Balaban J connectivity index is 1.81. The number of fused-ring (bicyclic) bond motifs is 3. The summed E-state index contributed by atoms with van der Waals surface area (Å²) in [6.45, 7) is 5.90. The zero-order valence-corrected chi connectivity index (χ0v) is 21.3. The van der Waals surface area contributed by atoms with E-state index in [9.17, 15) is 13.2 Å². The Bertz CT molecular complexity index is 1580. The van der Waals surface area contributed by atoms with Crippen molar-refractivity contribution in [2.45, 2.75) is 31.6 Å². The summed E-state index contributed by atoms with van der Waals surface area (Å²) in [5.41, 5.74) is 4.88. The van der Waals surface area contributed by atoms with Crippen molar-refractivity contribution in [2.24, 2.45) is 0 Å². The predicted octanol–water partition coefficient (Wildman–Crippen LogP) is 5.62. The van der Waals surface area contributed by atoms with Crippen LogP contribution in [0.15, 0.2) is 89.3 Å². The minimum absolute atomic E-state index is 0.00745. The van der Waals surface area contributed by atoms with Gasteiger partial charge in [0, 0.05) is 28.0 Å². The molecule has 0 aliphatic carbocycles. The van der Waals surface area contributed by atoms with Gasteiger partial charge in [-0.1, -0.05) is 71.8 Å². The number of ether oxygens (including phenoxy) is 1. The Labute approximate surface area is 211 Å². The van der Waals surface area contributed by atoms with Crippen molar-refractivity contribution >= 4 is 32.7 Å². The third-order valence-corrected chi connectivity index (χ3v) is 8.33. The molecule has 0 spiro atoms. The summed E-state index contributed by atoms with van der Waals surface area (Å²) in [6.07, 6.45) is 1.69. The first kappa shape index (κ1) is 23.9. The molecule has 1 N–H and O–H groups in total. The van der Waals surface area contributed by atoms with Gasteiger partial charge in [0.05, 0.1) is 18.0 Å². The lowest BCUT2D eigenvalue weighted by atomic mass is 9.83. The number of H-pyrrole nitrogens is 1. The fourth-order valence-electron chi connectivity index (χ4n) is 4.85. The van der Waals surface area contributed by atoms with E-state index < -0.39 is 21.9 Å². The lowest BCUT2D eigenvalue weighted by Gasteiger charge is -2.24. The average Bonchev–Trinajstić information content (AvgIpc) is 3.13. The normalized spacial score (nSPS) is 15.8. The number of carbonyl (C=O) groups is 1. The summed E-state index contributed by atoms with van der Waals surface area (Å²) in [7, 11) is -3.93. The molecule has 1 aromatic heterocycles. The molecule has 5 rings (SSSR count). The first-order valence-electron chi connectivity index (χ1n) is 11.9. The zero-order valence-electron chi connectivity index (χ0n) is 20.5. The Kier molecular flexibility index (Phi) is 6.18. The maximum atomic E-state index is 14.0. The third-order valence-electron chi connectivity index (χ3n) is 6.55. The Morgan fingerprint density at radius 3 is 2.47 bits per heavy atom. The summed E-state index contributed by atoms with van der Waals surface area (Å²) in [4.78, 5) is 16.8. The molecule has 1 unspecified atom stereocenters. The molecule has 1 aliphatic rings. The number of rotatable bonds is 5. The predicted molar refractivity (Wildman–Crippen MR) is 142 cm³/mol. The number of carbonyl (C=O) groups excluding carboxylic acids is 1. The van der Waals surface area contributed by atoms with Gasteiger partial charge in [-0.25, -0.2) is 17.5 Å². The van der Waals surface area contributed by atoms with Crippen LogP contribution >= 0.6 is 0 Å². The van der Waals surface area contributed by atoms with Gasteiger partial charge in [0.15, 0.2) is 0 Å². The van der Waals surface area contributed by atoms with E-state index in [2.05, 4.69) is 4.98 Å². The monoisotopic (exact) mass is 500 g/mol. The second-order valence-electron chi connectivity index (χ2n) is 9.01. The lowest BCUT2D eigenvalue weighted by Crippen LogP contribution is -2.31. The van der Waals surface area contributed by atoms with Gasteiger partial charge in [0.1, 0.15) is 5.82 Å². The number of esters is 1. The molecule has 4 aromatic rings. The molecular formula is C29H28N2O4S. The van der Waals surface area contributed by atoms with Crippen LogP contribution in [0.4, 0.5) is 5.82 Å². The number of aromatic amines is 1. The summed E-state index contributed by atoms with van der Waals surface area (Å²) < 4.78 is 34.7. The smallest absolute Gasteiger partial charge is 0.334 e. The van der Waals surface area contributed by atoms with Crippen LogP contribution in [0, 0.1) is 13.8 Å². The number of hydrogen-bond acceptors (Lipinski definition) is 4. The van der Waals surface area contributed by atoms with Gasteiger partial charge in [-0.05, 0) is 44.5 Å². The van der Waals surface area contributed by atoms with Crippen LogP contribution in [0.5, 0.6) is 0 Å². The summed E-state index contributed by atoms with van der Waals surface area (Å²) in [5.74, 6) is -0.498. The minimum Gasteiger partial charge on any atom is -0.463 e. The van der Waals surface area contributed by atoms with Crippen molar-refractivity contribution in [1.29, 1.82) is 0 Å². The molecule has 7 heteroatoms. The quantitative estimate of drug-likeness (QED) is 0.361. The van der Waals surface area contributed by atoms with Gasteiger partial charge in [-0.2, -0.15) is 0 Å². The molecule has 0 saturated carbocycles. The van der Waals surface area contributed by atoms with Crippen molar-refractivity contribution in [1.82, 2.24) is 4.98 Å². The van der Waals surface area contributed by atoms with Crippen molar-refractivity contribution in [3.8, 4) is 0 Å². The fourth-order valence-corrected chi connectivity index (χ4v) is 6.24. The van der Waals surface area contributed by atoms with Gasteiger partial charge in [-0.3, -0.25) is 0 Å². The van der Waals surface area contributed by atoms with E-state index >= 15 is 0 Å². The van der Waals surface area contributed by atoms with E-state index in [1.807, 2.05) is 62.4 Å². The number of aromatic nitrogens is 1. The van der Waals surface area contributed by atoms with Crippen LogP contribution in [0.3, 0.4) is 0 Å². The molecule has 36 heavy (non-hydrogen) atoms. The first-order valence-corrected chi connectivity index (χ1v) is 13.4. The van der Waals surface area contributed by atoms with E-state index in [-0.39, 0.29) is 18.0 Å². The number of para-hydroxylation sites is 1. The largest absolute Gasteiger partial charge is 0.463 e. The molecule has 2 heterocycles. The summed E-state index contributed by atoms with van der Waals surface area (Å²) in [6, 6.07) is 22.5. The number of nitrogens with zero attached hydrogens (tertiary/aromatic N) is 1. The molecule has 1 atom stereocenters. The molecule has 0 bridgehead atoms. The van der Waals surface area contributed by atoms with Crippen molar-refractivity contribution in [3.63, 3.8) is 0 Å². The molecule has 3 aromatic carbocycles. The summed E-state index contributed by atoms with van der Waals surface area (Å²) in [5, 5.41) is 0.861. The van der Waals surface area contributed by atoms with Crippen LogP contribution in [0.2, 0.25) is 0 Å². The van der Waals surface area contributed by atoms with E-state index in [1.54, 1.807) is 37.3 Å². The first-order chi connectivity index (χ1) is 17.3. The molecule has 0 radical (unpaired) electrons. The standard InChI is InChI=1S/C29H28N2O4S/c1-4-35-29(32)24-16-17-31(36(33,34)22-14-12-19(2)13-15-22)28-27(23-10-5-6-11-25(23)30-28)26(24)21-9-7-8-20(3)18-21/h5-16,18,26,30H,4,17H2,1-3H3. The van der Waals surface area contributed by atoms with Gasteiger partial charge in [0.2, 0.25) is 0 Å². The highest BCUT2D eigenvalue weighted by Crippen LogP contribution is 2.45. The third kappa shape index (κ3) is 4.09. The Morgan fingerprint density at radius 2 is 1.75 bits per heavy atom. The lowest BCUT2D eigenvalue weighted by molar-refractivity contribution is -0.138. The highest BCUT2D eigenvalue weighted by Gasteiger charge is 2.38. The number of nitrogens with one attached hydrogen (secondary N) is 1. The number of sulfonamides is 1. The van der Waals surface area contributed by atoms with Gasteiger partial charge in [0.25, 0.3) is 10.0 Å². The molecule has 0 amide bonds. The molecule has 184 valence electrons. The van der Waals surface area contributed by atoms with Gasteiger partial charge < -0.3 is 9.72 Å². The number of aryl methyl sites for hydroxylation is 2. The topological polar surface area (TPSA) is 79.5 Å². The van der Waals surface area contributed by atoms with Crippen molar-refractivity contribution in [2.75, 3.05) is 17.5 Å². The van der Waals surface area contributed by atoms with E-state index in [0.29, 0.717) is 11.4 Å². The number of anilines is 1. The van der Waals surface area contributed by atoms with Crippen LogP contribution in [0.25, 0.3) is 10.9 Å². The minimum atomic E-state index is -3.93. The highest BCUT2D eigenvalue weighted by atomic mass is 32.2. The van der Waals surface area contributed by atoms with Crippen LogP contribution < -0.4 is 4.31 Å². The number of hydrogen-bond donors (Lipinski definition) is 1. The second kappa shape index (κ2) is 9.32. The molecular weight excluding hydrogens is 472 g/mol. The van der Waals surface area contributed by atoms with E-state index in [0.717, 1.165) is 33.2 Å². The van der Waals surface area contributed by atoms with E-state index in [1.165, 1.54) is 4.31 Å². The van der Waals surface area contributed by atoms with Crippen molar-refractivity contribution < 1.29 is 17.9 Å². The highest BCUT2D eigenvalue weighted by molar-refractivity contribution is 7.92. The SMILES string of the molecule is CCOC(=O)C1=CCN(S(=O)(=O)c2ccc(C)cc2)c2[nH]c3ccccc3c2C1c1cccc(C)c1. The van der Waals surface area contributed by atoms with Crippen LogP contribution in [0.1, 0.15) is 35.1 Å². The maximum Gasteiger partial charge on any atom is 0.334 e. The second-order valence-corrected chi connectivity index (χ2v) is 10.9. The van der Waals surface area contributed by atoms with Crippen LogP contribution in [-0.4, -0.2) is 32.5 Å². The Morgan fingerprint density at radius 1 is 1.00 bits per heavy atom. The molecule has 0 fully saturated rings.